The summed E-state index contributed by atoms with van der Waals surface area (Å²) in [4.78, 5) is 11.3. The van der Waals surface area contributed by atoms with Crippen LogP contribution < -0.4 is 5.32 Å². The lowest BCUT2D eigenvalue weighted by Gasteiger charge is -2.24. The van der Waals surface area contributed by atoms with Crippen LogP contribution in [0.3, 0.4) is 0 Å². The predicted octanol–water partition coefficient (Wildman–Crippen LogP) is 5.36. The molecule has 27 heavy (non-hydrogen) atoms. The molecular weight excluding hydrogens is 362 g/mol. The van der Waals surface area contributed by atoms with Gasteiger partial charge in [0.05, 0.1) is 6.04 Å². The van der Waals surface area contributed by atoms with E-state index in [1.54, 1.807) is 0 Å². The number of carbonyl (C=O) groups is 1. The van der Waals surface area contributed by atoms with Crippen molar-refractivity contribution in [2.75, 3.05) is 0 Å². The number of hydrogen-bond donors (Lipinski definition) is 1. The smallest absolute Gasteiger partial charge is 0.305 e. The van der Waals surface area contributed by atoms with Crippen molar-refractivity contribution in [3.05, 3.63) is 0 Å². The molecule has 0 aliphatic carbocycles. The molecule has 0 bridgehead atoms. The highest BCUT2D eigenvalue weighted by molar-refractivity contribution is 7.75. The van der Waals surface area contributed by atoms with Gasteiger partial charge in [0.1, 0.15) is 12.2 Å². The van der Waals surface area contributed by atoms with Crippen LogP contribution in [0.4, 0.5) is 0 Å². The molecule has 1 unspecified atom stereocenters. The lowest BCUT2D eigenvalue weighted by molar-refractivity contribution is -0.120. The Labute approximate surface area is 169 Å². The SMILES string of the molecule is CCCCCCCCCCCCCC[C@H]1OS(=O)O[C@H]1[C@H](CC)NC(C)=O. The number of hydrogen-bond acceptors (Lipinski definition) is 4. The molecule has 0 aromatic rings. The molecule has 1 aliphatic heterocycles. The number of nitrogens with one attached hydrogen (secondary N) is 1. The molecule has 160 valence electrons. The van der Waals surface area contributed by atoms with Crippen molar-refractivity contribution in [1.82, 2.24) is 5.32 Å². The molecule has 6 heteroatoms. The maximum atomic E-state index is 11.6. The van der Waals surface area contributed by atoms with Crippen LogP contribution in [0.25, 0.3) is 0 Å². The summed E-state index contributed by atoms with van der Waals surface area (Å²) in [7, 11) is 0. The Bertz CT molecular complexity index is 419. The second kappa shape index (κ2) is 15.5. The fourth-order valence-electron chi connectivity index (χ4n) is 3.73. The van der Waals surface area contributed by atoms with Gasteiger partial charge in [0.15, 0.2) is 0 Å². The van der Waals surface area contributed by atoms with Gasteiger partial charge in [-0.3, -0.25) is 13.2 Å². The molecule has 1 saturated heterocycles. The summed E-state index contributed by atoms with van der Waals surface area (Å²) >= 11 is -1.69. The average Bonchev–Trinajstić information content (AvgIpc) is 3.01. The molecule has 5 nitrogen and oxygen atoms in total. The summed E-state index contributed by atoms with van der Waals surface area (Å²) in [6, 6.07) is -0.142. The maximum absolute atomic E-state index is 11.6. The maximum Gasteiger partial charge on any atom is 0.305 e. The normalized spacial score (nSPS) is 23.4. The van der Waals surface area contributed by atoms with Crippen LogP contribution in [-0.2, 0) is 24.5 Å². The zero-order valence-corrected chi connectivity index (χ0v) is 18.5. The third kappa shape index (κ3) is 11.2. The fraction of sp³-hybridized carbons (Fsp3) is 0.952. The molecule has 1 rings (SSSR count). The molecule has 0 spiro atoms. The Morgan fingerprint density at radius 1 is 0.889 bits per heavy atom. The quantitative estimate of drug-likeness (QED) is 0.353. The van der Waals surface area contributed by atoms with E-state index in [0.717, 1.165) is 19.3 Å². The second-order valence-electron chi connectivity index (χ2n) is 7.79. The van der Waals surface area contributed by atoms with Crippen molar-refractivity contribution < 1.29 is 17.4 Å². The highest BCUT2D eigenvalue weighted by Gasteiger charge is 2.39. The van der Waals surface area contributed by atoms with Crippen molar-refractivity contribution in [3.8, 4) is 0 Å². The van der Waals surface area contributed by atoms with Gasteiger partial charge in [-0.25, -0.2) is 0 Å². The van der Waals surface area contributed by atoms with Gasteiger partial charge in [0, 0.05) is 6.92 Å². The van der Waals surface area contributed by atoms with Crippen molar-refractivity contribution in [2.45, 2.75) is 129 Å². The summed E-state index contributed by atoms with van der Waals surface area (Å²) in [5, 5.41) is 2.89. The Hall–Kier alpha value is -0.460. The molecule has 1 amide bonds. The monoisotopic (exact) mass is 403 g/mol. The van der Waals surface area contributed by atoms with E-state index in [0.29, 0.717) is 0 Å². The van der Waals surface area contributed by atoms with E-state index in [9.17, 15) is 9.00 Å². The molecule has 1 fully saturated rings. The molecule has 4 atom stereocenters. The van der Waals surface area contributed by atoms with Gasteiger partial charge < -0.3 is 5.32 Å². The summed E-state index contributed by atoms with van der Waals surface area (Å²) in [5.41, 5.74) is 0. The highest BCUT2D eigenvalue weighted by Crippen LogP contribution is 2.26. The lowest BCUT2D eigenvalue weighted by atomic mass is 9.98. The topological polar surface area (TPSA) is 64.6 Å². The van der Waals surface area contributed by atoms with Crippen LogP contribution in [0, 0.1) is 0 Å². The predicted molar refractivity (Wildman–Crippen MR) is 111 cm³/mol. The van der Waals surface area contributed by atoms with Crippen molar-refractivity contribution in [1.29, 1.82) is 0 Å². The molecular formula is C21H41NO4S. The van der Waals surface area contributed by atoms with Crippen LogP contribution in [-0.4, -0.2) is 28.4 Å². The van der Waals surface area contributed by atoms with Gasteiger partial charge in [-0.05, 0) is 12.8 Å². The molecule has 1 heterocycles. The minimum absolute atomic E-state index is 0.0905. The zero-order chi connectivity index (χ0) is 19.9. The summed E-state index contributed by atoms with van der Waals surface area (Å²) < 4.78 is 22.5. The van der Waals surface area contributed by atoms with E-state index in [4.69, 9.17) is 8.37 Å². The first-order valence-electron chi connectivity index (χ1n) is 11.1. The van der Waals surface area contributed by atoms with E-state index in [-0.39, 0.29) is 24.2 Å². The van der Waals surface area contributed by atoms with E-state index < -0.39 is 11.4 Å². The Morgan fingerprint density at radius 3 is 1.89 bits per heavy atom. The van der Waals surface area contributed by atoms with Crippen LogP contribution in [0.2, 0.25) is 0 Å². The molecule has 0 aromatic carbocycles. The van der Waals surface area contributed by atoms with Crippen LogP contribution in [0.15, 0.2) is 0 Å². The number of amides is 1. The number of rotatable bonds is 16. The first-order chi connectivity index (χ1) is 13.1. The molecule has 0 aromatic heterocycles. The second-order valence-corrected chi connectivity index (χ2v) is 8.59. The molecule has 0 saturated carbocycles. The Balaban J connectivity index is 2.09. The Morgan fingerprint density at radius 2 is 1.41 bits per heavy atom. The van der Waals surface area contributed by atoms with Crippen molar-refractivity contribution in [3.63, 3.8) is 0 Å². The molecule has 1 N–H and O–H groups in total. The minimum Gasteiger partial charge on any atom is -0.351 e. The summed E-state index contributed by atoms with van der Waals surface area (Å²) in [6.07, 6.45) is 16.8. The number of carbonyl (C=O) groups excluding carboxylic acids is 1. The van der Waals surface area contributed by atoms with E-state index in [1.165, 1.54) is 77.6 Å². The summed E-state index contributed by atoms with van der Waals surface area (Å²) in [6.45, 7) is 5.75. The van der Waals surface area contributed by atoms with E-state index >= 15 is 0 Å². The first kappa shape index (κ1) is 24.6. The third-order valence-corrected chi connectivity index (χ3v) is 6.11. The largest absolute Gasteiger partial charge is 0.351 e. The van der Waals surface area contributed by atoms with E-state index in [1.807, 2.05) is 6.92 Å². The molecule has 1 aliphatic rings. The first-order valence-corrected chi connectivity index (χ1v) is 12.1. The standard InChI is InChI=1S/C21H41NO4S/c1-4-6-7-8-9-10-11-12-13-14-15-16-17-20-21(26-27(24)25-20)19(5-2)22-18(3)23/h19-21H,4-17H2,1-3H3,(H,22,23)/t19-,20+,21-,27?/m0/s1. The minimum atomic E-state index is -1.69. The van der Waals surface area contributed by atoms with Crippen LogP contribution >= 0.6 is 0 Å². The van der Waals surface area contributed by atoms with Gasteiger partial charge in [-0.2, -0.15) is 4.21 Å². The highest BCUT2D eigenvalue weighted by atomic mass is 32.2. The van der Waals surface area contributed by atoms with Gasteiger partial charge in [0.25, 0.3) is 0 Å². The van der Waals surface area contributed by atoms with Crippen molar-refractivity contribution >= 4 is 17.3 Å². The molecule has 0 radical (unpaired) electrons. The Kier molecular flexibility index (Phi) is 14.1. The van der Waals surface area contributed by atoms with Crippen LogP contribution in [0.1, 0.15) is 111 Å². The van der Waals surface area contributed by atoms with Gasteiger partial charge in [-0.1, -0.05) is 90.9 Å². The third-order valence-electron chi connectivity index (χ3n) is 5.33. The van der Waals surface area contributed by atoms with Gasteiger partial charge >= 0.3 is 11.4 Å². The van der Waals surface area contributed by atoms with Crippen LogP contribution in [0.5, 0.6) is 0 Å². The van der Waals surface area contributed by atoms with Gasteiger partial charge in [0.2, 0.25) is 5.91 Å². The van der Waals surface area contributed by atoms with E-state index in [2.05, 4.69) is 12.2 Å². The zero-order valence-electron chi connectivity index (χ0n) is 17.7. The lowest BCUT2D eigenvalue weighted by Crippen LogP contribution is -2.46. The number of unbranched alkanes of at least 4 members (excludes halogenated alkanes) is 11. The average molecular weight is 404 g/mol. The fourth-order valence-corrected chi connectivity index (χ4v) is 4.63. The summed E-state index contributed by atoms with van der Waals surface area (Å²) in [5.74, 6) is -0.0905. The van der Waals surface area contributed by atoms with Crippen molar-refractivity contribution in [2.24, 2.45) is 0 Å². The van der Waals surface area contributed by atoms with Gasteiger partial charge in [-0.15, -0.1) is 0 Å².